The Kier molecular flexibility index (Phi) is 3.08. The minimum absolute atomic E-state index is 0.00718. The smallest absolute Gasteiger partial charge is 0.300 e. The van der Waals surface area contributed by atoms with E-state index in [1.165, 1.54) is 0 Å². The van der Waals surface area contributed by atoms with Gasteiger partial charge in [0.1, 0.15) is 0 Å². The van der Waals surface area contributed by atoms with Crippen LogP contribution in [0.4, 0.5) is 18.9 Å². The minimum Gasteiger partial charge on any atom is -0.300 e. The molecular formula is C11H9F3N2O2. The van der Waals surface area contributed by atoms with Crippen LogP contribution in [0.15, 0.2) is 24.3 Å². The Morgan fingerprint density at radius 1 is 1.00 bits per heavy atom. The van der Waals surface area contributed by atoms with E-state index < -0.39 is 23.6 Å². The topological polar surface area (TPSA) is 49.4 Å². The monoisotopic (exact) mass is 258 g/mol. The molecule has 1 aliphatic heterocycles. The summed E-state index contributed by atoms with van der Waals surface area (Å²) < 4.78 is 37.1. The fourth-order valence-electron chi connectivity index (χ4n) is 1.66. The zero-order valence-electron chi connectivity index (χ0n) is 9.12. The zero-order chi connectivity index (χ0) is 13.3. The highest BCUT2D eigenvalue weighted by atomic mass is 19.4. The van der Waals surface area contributed by atoms with Crippen LogP contribution in [0.25, 0.3) is 0 Å². The molecule has 0 bridgehead atoms. The average molecular weight is 258 g/mol. The highest BCUT2D eigenvalue weighted by molar-refractivity contribution is 6.17. The van der Waals surface area contributed by atoms with Gasteiger partial charge in [0, 0.05) is 0 Å². The third kappa shape index (κ3) is 2.35. The van der Waals surface area contributed by atoms with Gasteiger partial charge in [0.2, 0.25) is 11.8 Å². The van der Waals surface area contributed by atoms with Crippen molar-refractivity contribution in [3.05, 3.63) is 29.8 Å². The Morgan fingerprint density at radius 2 is 1.50 bits per heavy atom. The van der Waals surface area contributed by atoms with Gasteiger partial charge in [-0.05, 0) is 24.3 Å². The quantitative estimate of drug-likeness (QED) is 0.769. The number of hydrogen-bond acceptors (Lipinski definition) is 3. The van der Waals surface area contributed by atoms with Crippen molar-refractivity contribution in [2.45, 2.75) is 6.18 Å². The number of benzene rings is 1. The first-order valence-corrected chi connectivity index (χ1v) is 5.13. The molecule has 0 aliphatic carbocycles. The summed E-state index contributed by atoms with van der Waals surface area (Å²) in [7, 11) is 0. The van der Waals surface area contributed by atoms with Gasteiger partial charge >= 0.3 is 6.18 Å². The van der Waals surface area contributed by atoms with Gasteiger partial charge in [0.05, 0.1) is 24.3 Å². The summed E-state index contributed by atoms with van der Waals surface area (Å²) in [6, 6.07) is 3.92. The largest absolute Gasteiger partial charge is 0.416 e. The summed E-state index contributed by atoms with van der Waals surface area (Å²) >= 11 is 0. The number of alkyl halides is 3. The van der Waals surface area contributed by atoms with Gasteiger partial charge in [-0.3, -0.25) is 14.9 Å². The van der Waals surface area contributed by atoms with Crippen LogP contribution in [0.1, 0.15) is 5.56 Å². The van der Waals surface area contributed by atoms with Gasteiger partial charge in [-0.15, -0.1) is 0 Å². The third-order valence-corrected chi connectivity index (χ3v) is 2.50. The van der Waals surface area contributed by atoms with Crippen molar-refractivity contribution in [2.24, 2.45) is 0 Å². The molecule has 2 amide bonds. The van der Waals surface area contributed by atoms with Crippen LogP contribution >= 0.6 is 0 Å². The summed E-state index contributed by atoms with van der Waals surface area (Å²) in [5.41, 5.74) is -0.666. The van der Waals surface area contributed by atoms with Crippen molar-refractivity contribution >= 4 is 17.5 Å². The molecule has 1 aromatic carbocycles. The van der Waals surface area contributed by atoms with Gasteiger partial charge in [-0.2, -0.15) is 13.2 Å². The minimum atomic E-state index is -4.43. The molecule has 0 unspecified atom stereocenters. The average Bonchev–Trinajstić information content (AvgIpc) is 2.28. The molecule has 1 aliphatic rings. The molecule has 1 aromatic rings. The molecule has 0 aromatic heterocycles. The van der Waals surface area contributed by atoms with Crippen LogP contribution in [0.2, 0.25) is 0 Å². The lowest BCUT2D eigenvalue weighted by atomic mass is 10.1. The van der Waals surface area contributed by atoms with Crippen molar-refractivity contribution in [1.82, 2.24) is 5.32 Å². The molecule has 4 nitrogen and oxygen atoms in total. The summed E-state index contributed by atoms with van der Waals surface area (Å²) in [6.07, 6.45) is -4.43. The molecule has 18 heavy (non-hydrogen) atoms. The van der Waals surface area contributed by atoms with E-state index in [0.29, 0.717) is 0 Å². The molecule has 96 valence electrons. The van der Waals surface area contributed by atoms with Crippen LogP contribution in [0.5, 0.6) is 0 Å². The summed E-state index contributed by atoms with van der Waals surface area (Å²) in [6.45, 7) is -0.0144. The second-order valence-electron chi connectivity index (χ2n) is 3.77. The maximum absolute atomic E-state index is 12.4. The first-order chi connectivity index (χ1) is 8.39. The van der Waals surface area contributed by atoms with E-state index in [9.17, 15) is 22.8 Å². The molecule has 0 spiro atoms. The fourth-order valence-corrected chi connectivity index (χ4v) is 1.66. The summed E-state index contributed by atoms with van der Waals surface area (Å²) in [5.74, 6) is -0.961. The molecule has 0 saturated carbocycles. The van der Waals surface area contributed by atoms with E-state index >= 15 is 0 Å². The highest BCUT2D eigenvalue weighted by Crippen LogP contribution is 2.30. The molecule has 2 rings (SSSR count). The predicted molar refractivity (Wildman–Crippen MR) is 56.8 cm³/mol. The van der Waals surface area contributed by atoms with E-state index in [1.54, 1.807) is 0 Å². The number of amides is 2. The lowest BCUT2D eigenvalue weighted by Gasteiger charge is -2.25. The van der Waals surface area contributed by atoms with Crippen molar-refractivity contribution < 1.29 is 22.8 Å². The van der Waals surface area contributed by atoms with Crippen molar-refractivity contribution in [1.29, 1.82) is 0 Å². The van der Waals surface area contributed by atoms with Gasteiger partial charge in [0.15, 0.2) is 0 Å². The van der Waals surface area contributed by atoms with Gasteiger partial charge in [0.25, 0.3) is 0 Å². The number of nitrogens with zero attached hydrogens (tertiary/aromatic N) is 1. The first kappa shape index (κ1) is 12.6. The number of rotatable bonds is 1. The second-order valence-corrected chi connectivity index (χ2v) is 3.77. The molecule has 0 atom stereocenters. The number of anilines is 1. The van der Waals surface area contributed by atoms with E-state index in [4.69, 9.17) is 0 Å². The number of nitrogens with one attached hydrogen (secondary N) is 1. The Morgan fingerprint density at radius 3 is 1.94 bits per heavy atom. The molecule has 7 heteroatoms. The van der Waals surface area contributed by atoms with Crippen LogP contribution < -0.4 is 10.2 Å². The Bertz CT molecular complexity index is 466. The maximum Gasteiger partial charge on any atom is 0.416 e. The Labute approximate surface area is 100 Å². The fraction of sp³-hybridized carbons (Fsp3) is 0.273. The van der Waals surface area contributed by atoms with Crippen LogP contribution in [0.3, 0.4) is 0 Å². The number of carbonyl (C=O) groups excluding carboxylic acids is 2. The maximum atomic E-state index is 12.4. The first-order valence-electron chi connectivity index (χ1n) is 5.13. The lowest BCUT2D eigenvalue weighted by molar-refractivity contribution is -0.137. The number of carbonyl (C=O) groups is 2. The lowest BCUT2D eigenvalue weighted by Crippen LogP contribution is -2.52. The van der Waals surface area contributed by atoms with E-state index in [-0.39, 0.29) is 18.8 Å². The standard InChI is InChI=1S/C11H9F3N2O2/c12-11(13,14)7-1-3-8(4-2-7)16-9(17)5-15-6-10(16)18/h1-4,15H,5-6H2. The van der Waals surface area contributed by atoms with E-state index in [0.717, 1.165) is 29.2 Å². The van der Waals surface area contributed by atoms with Crippen molar-refractivity contribution in [2.75, 3.05) is 18.0 Å². The molecule has 1 heterocycles. The number of halogens is 3. The van der Waals surface area contributed by atoms with Gasteiger partial charge in [-0.25, -0.2) is 4.90 Å². The molecule has 1 N–H and O–H groups in total. The summed E-state index contributed by atoms with van der Waals surface area (Å²) in [5, 5.41) is 2.60. The second kappa shape index (κ2) is 4.41. The van der Waals surface area contributed by atoms with E-state index in [2.05, 4.69) is 5.32 Å². The van der Waals surface area contributed by atoms with Crippen LogP contribution in [0, 0.1) is 0 Å². The van der Waals surface area contributed by atoms with Crippen LogP contribution in [-0.4, -0.2) is 24.9 Å². The van der Waals surface area contributed by atoms with E-state index in [1.807, 2.05) is 0 Å². The number of piperazine rings is 1. The third-order valence-electron chi connectivity index (χ3n) is 2.50. The molecule has 1 fully saturated rings. The highest BCUT2D eigenvalue weighted by Gasteiger charge is 2.31. The zero-order valence-corrected chi connectivity index (χ0v) is 9.12. The Balaban J connectivity index is 2.29. The number of imide groups is 1. The van der Waals surface area contributed by atoms with Gasteiger partial charge in [-0.1, -0.05) is 0 Å². The predicted octanol–water partition coefficient (Wildman–Crippen LogP) is 1.17. The SMILES string of the molecule is O=C1CNCC(=O)N1c1ccc(C(F)(F)F)cc1. The number of hydrogen-bond donors (Lipinski definition) is 1. The molecular weight excluding hydrogens is 249 g/mol. The summed E-state index contributed by atoms with van der Waals surface area (Å²) in [4.78, 5) is 23.9. The molecule has 1 saturated heterocycles. The van der Waals surface area contributed by atoms with Crippen molar-refractivity contribution in [3.63, 3.8) is 0 Å². The van der Waals surface area contributed by atoms with Crippen LogP contribution in [-0.2, 0) is 15.8 Å². The normalized spacial score (nSPS) is 17.2. The van der Waals surface area contributed by atoms with Gasteiger partial charge < -0.3 is 0 Å². The molecule has 0 radical (unpaired) electrons. The Hall–Kier alpha value is -1.89. The van der Waals surface area contributed by atoms with Crippen molar-refractivity contribution in [3.8, 4) is 0 Å².